The summed E-state index contributed by atoms with van der Waals surface area (Å²) in [5, 5.41) is 11.1. The van der Waals surface area contributed by atoms with Crippen molar-refractivity contribution in [3.8, 4) is 0 Å². The molecule has 3 aromatic rings. The standard InChI is InChI=1S/C21H23N3O3S3/c1-28-13-11-23-18-10-9-17(24(26)27)14-19(18)30-21(23)22-20(25)8-5-12-29-15-16-6-3-2-4-7-16/h2-4,6-7,9-10,14H,5,8,11-13,15H2,1H3. The zero-order valence-corrected chi connectivity index (χ0v) is 19.1. The highest BCUT2D eigenvalue weighted by molar-refractivity contribution is 7.98. The maximum absolute atomic E-state index is 12.4. The number of hydrogen-bond acceptors (Lipinski definition) is 6. The van der Waals surface area contributed by atoms with E-state index in [9.17, 15) is 14.9 Å². The van der Waals surface area contributed by atoms with Crippen LogP contribution in [0.1, 0.15) is 18.4 Å². The average molecular weight is 462 g/mol. The fourth-order valence-electron chi connectivity index (χ4n) is 2.91. The number of hydrogen-bond donors (Lipinski definition) is 0. The first-order chi connectivity index (χ1) is 14.6. The van der Waals surface area contributed by atoms with Crippen LogP contribution in [-0.4, -0.2) is 33.2 Å². The number of nitro benzene ring substituents is 1. The number of fused-ring (bicyclic) bond motifs is 1. The second kappa shape index (κ2) is 11.3. The van der Waals surface area contributed by atoms with Crippen LogP contribution < -0.4 is 4.80 Å². The Morgan fingerprint density at radius 1 is 1.20 bits per heavy atom. The van der Waals surface area contributed by atoms with E-state index in [1.54, 1.807) is 23.9 Å². The molecular formula is C21H23N3O3S3. The lowest BCUT2D eigenvalue weighted by Crippen LogP contribution is -2.18. The van der Waals surface area contributed by atoms with Gasteiger partial charge in [-0.1, -0.05) is 41.7 Å². The molecule has 0 unspecified atom stereocenters. The topological polar surface area (TPSA) is 77.5 Å². The van der Waals surface area contributed by atoms with Gasteiger partial charge in [0.05, 0.1) is 15.1 Å². The average Bonchev–Trinajstić information content (AvgIpc) is 3.08. The van der Waals surface area contributed by atoms with Crippen molar-refractivity contribution in [3.63, 3.8) is 0 Å². The lowest BCUT2D eigenvalue weighted by molar-refractivity contribution is -0.384. The summed E-state index contributed by atoms with van der Waals surface area (Å²) in [6, 6.07) is 15.1. The Kier molecular flexibility index (Phi) is 8.53. The molecule has 1 aromatic heterocycles. The molecule has 0 spiro atoms. The zero-order valence-electron chi connectivity index (χ0n) is 16.7. The van der Waals surface area contributed by atoms with Gasteiger partial charge in [-0.3, -0.25) is 14.9 Å². The molecule has 0 radical (unpaired) electrons. The van der Waals surface area contributed by atoms with E-state index in [-0.39, 0.29) is 11.6 Å². The molecule has 3 rings (SSSR count). The van der Waals surface area contributed by atoms with Crippen molar-refractivity contribution in [1.82, 2.24) is 4.57 Å². The summed E-state index contributed by atoms with van der Waals surface area (Å²) in [6.45, 7) is 0.706. The highest BCUT2D eigenvalue weighted by Crippen LogP contribution is 2.23. The van der Waals surface area contributed by atoms with Crippen molar-refractivity contribution in [2.75, 3.05) is 17.8 Å². The largest absolute Gasteiger partial charge is 0.316 e. The summed E-state index contributed by atoms with van der Waals surface area (Å²) in [5.74, 6) is 2.58. The third kappa shape index (κ3) is 6.20. The quantitative estimate of drug-likeness (QED) is 0.238. The molecule has 1 heterocycles. The van der Waals surface area contributed by atoms with Gasteiger partial charge in [-0.2, -0.15) is 28.5 Å². The minimum atomic E-state index is -0.402. The second-order valence-corrected chi connectivity index (χ2v) is 9.69. The van der Waals surface area contributed by atoms with E-state index in [0.29, 0.717) is 17.8 Å². The molecule has 0 N–H and O–H groups in total. The molecule has 0 aliphatic carbocycles. The van der Waals surface area contributed by atoms with Gasteiger partial charge in [-0.15, -0.1) is 0 Å². The monoisotopic (exact) mass is 461 g/mol. The van der Waals surface area contributed by atoms with Crippen LogP contribution >= 0.6 is 34.9 Å². The number of benzene rings is 2. The first kappa shape index (κ1) is 22.6. The highest BCUT2D eigenvalue weighted by Gasteiger charge is 2.12. The molecule has 1 amide bonds. The van der Waals surface area contributed by atoms with Crippen molar-refractivity contribution < 1.29 is 9.72 Å². The van der Waals surface area contributed by atoms with Gasteiger partial charge in [-0.05, 0) is 30.1 Å². The maximum atomic E-state index is 12.4. The molecule has 9 heteroatoms. The number of carbonyl (C=O) groups is 1. The van der Waals surface area contributed by atoms with Crippen molar-refractivity contribution >= 4 is 56.7 Å². The van der Waals surface area contributed by atoms with Gasteiger partial charge in [0.15, 0.2) is 4.80 Å². The number of aryl methyl sites for hydroxylation is 1. The van der Waals surface area contributed by atoms with Crippen LogP contribution in [-0.2, 0) is 17.1 Å². The van der Waals surface area contributed by atoms with Crippen LogP contribution in [0.5, 0.6) is 0 Å². The molecular weight excluding hydrogens is 438 g/mol. The summed E-state index contributed by atoms with van der Waals surface area (Å²) in [5.41, 5.74) is 2.21. The highest BCUT2D eigenvalue weighted by atomic mass is 32.2. The zero-order chi connectivity index (χ0) is 21.3. The maximum Gasteiger partial charge on any atom is 0.270 e. The van der Waals surface area contributed by atoms with Gasteiger partial charge >= 0.3 is 0 Å². The molecule has 0 aliphatic heterocycles. The number of thiazole rings is 1. The molecule has 0 bridgehead atoms. The summed E-state index contributed by atoms with van der Waals surface area (Å²) in [7, 11) is 0. The molecule has 158 valence electrons. The first-order valence-electron chi connectivity index (χ1n) is 9.54. The number of non-ortho nitro benzene ring substituents is 1. The fraction of sp³-hybridized carbons (Fsp3) is 0.333. The predicted octanol–water partition coefficient (Wildman–Crippen LogP) is 5.11. The number of rotatable bonds is 10. The minimum Gasteiger partial charge on any atom is -0.316 e. The van der Waals surface area contributed by atoms with E-state index in [4.69, 9.17) is 0 Å². The summed E-state index contributed by atoms with van der Waals surface area (Å²) >= 11 is 4.85. The van der Waals surface area contributed by atoms with E-state index in [1.807, 2.05) is 40.8 Å². The molecule has 0 aliphatic rings. The SMILES string of the molecule is CSCCn1c(=NC(=O)CCCSCc2ccccc2)sc2cc([N+](=O)[O-])ccc21. The third-order valence-electron chi connectivity index (χ3n) is 4.41. The van der Waals surface area contributed by atoms with Gasteiger partial charge < -0.3 is 4.57 Å². The van der Waals surface area contributed by atoms with Crippen LogP contribution in [0, 0.1) is 10.1 Å². The van der Waals surface area contributed by atoms with Crippen LogP contribution in [0.15, 0.2) is 53.5 Å². The van der Waals surface area contributed by atoms with E-state index < -0.39 is 4.92 Å². The number of nitro groups is 1. The Hall–Kier alpha value is -2.10. The molecule has 0 saturated carbocycles. The van der Waals surface area contributed by atoms with Crippen molar-refractivity contribution in [3.05, 3.63) is 69.0 Å². The third-order valence-corrected chi connectivity index (χ3v) is 7.15. The first-order valence-corrected chi connectivity index (χ1v) is 12.9. The lowest BCUT2D eigenvalue weighted by atomic mass is 10.2. The van der Waals surface area contributed by atoms with Crippen LogP contribution in [0.4, 0.5) is 5.69 Å². The smallest absolute Gasteiger partial charge is 0.270 e. The molecule has 6 nitrogen and oxygen atoms in total. The summed E-state index contributed by atoms with van der Waals surface area (Å²) in [4.78, 5) is 28.0. The second-order valence-electron chi connectivity index (χ2n) is 6.59. The van der Waals surface area contributed by atoms with E-state index in [2.05, 4.69) is 17.1 Å². The van der Waals surface area contributed by atoms with Gasteiger partial charge in [0.25, 0.3) is 5.69 Å². The lowest BCUT2D eigenvalue weighted by Gasteiger charge is -2.03. The fourth-order valence-corrected chi connectivity index (χ4v) is 5.30. The summed E-state index contributed by atoms with van der Waals surface area (Å²) < 4.78 is 2.76. The van der Waals surface area contributed by atoms with Crippen LogP contribution in [0.3, 0.4) is 0 Å². The van der Waals surface area contributed by atoms with Gasteiger partial charge in [0.2, 0.25) is 5.91 Å². The van der Waals surface area contributed by atoms with E-state index >= 15 is 0 Å². The molecule has 0 atom stereocenters. The normalized spacial score (nSPS) is 11.8. The molecule has 0 saturated heterocycles. The number of aromatic nitrogens is 1. The Bertz CT molecular complexity index is 1080. The minimum absolute atomic E-state index is 0.0501. The van der Waals surface area contributed by atoms with Gasteiger partial charge in [0, 0.05) is 36.6 Å². The predicted molar refractivity (Wildman–Crippen MR) is 127 cm³/mol. The van der Waals surface area contributed by atoms with Crippen molar-refractivity contribution in [2.24, 2.45) is 4.99 Å². The van der Waals surface area contributed by atoms with E-state index in [1.165, 1.54) is 23.0 Å². The Labute approximate surface area is 187 Å². The van der Waals surface area contributed by atoms with Gasteiger partial charge in [-0.25, -0.2) is 0 Å². The number of amides is 1. The molecule has 30 heavy (non-hydrogen) atoms. The number of thioether (sulfide) groups is 2. The van der Waals surface area contributed by atoms with Crippen molar-refractivity contribution in [2.45, 2.75) is 25.1 Å². The Morgan fingerprint density at radius 3 is 2.73 bits per heavy atom. The summed E-state index contributed by atoms with van der Waals surface area (Å²) in [6.07, 6.45) is 3.20. The van der Waals surface area contributed by atoms with Crippen molar-refractivity contribution in [1.29, 1.82) is 0 Å². The Balaban J connectivity index is 1.66. The number of carbonyl (C=O) groups excluding carboxylic acids is 1. The van der Waals surface area contributed by atoms with Crippen LogP contribution in [0.25, 0.3) is 10.2 Å². The number of nitrogens with zero attached hydrogens (tertiary/aromatic N) is 3. The van der Waals surface area contributed by atoms with E-state index in [0.717, 1.165) is 33.9 Å². The molecule has 2 aromatic carbocycles. The van der Waals surface area contributed by atoms with Gasteiger partial charge in [0.1, 0.15) is 0 Å². The Morgan fingerprint density at radius 2 is 2.00 bits per heavy atom. The molecule has 0 fully saturated rings. The van der Waals surface area contributed by atoms with Crippen LogP contribution in [0.2, 0.25) is 0 Å².